The van der Waals surface area contributed by atoms with Gasteiger partial charge < -0.3 is 10.6 Å². The molecule has 0 radical (unpaired) electrons. The van der Waals surface area contributed by atoms with E-state index in [1.807, 2.05) is 0 Å². The first-order chi connectivity index (χ1) is 4.74. The van der Waals surface area contributed by atoms with Crippen LogP contribution in [0.3, 0.4) is 0 Å². The molecular weight excluding hydrogens is 124 g/mol. The Hall–Kier alpha value is -0.0800. The lowest BCUT2D eigenvalue weighted by molar-refractivity contribution is 0.176. The first-order valence-corrected chi connectivity index (χ1v) is 4.22. The average molecular weight is 142 g/mol. The Kier molecular flexibility index (Phi) is 2.69. The van der Waals surface area contributed by atoms with Crippen molar-refractivity contribution >= 4 is 0 Å². The van der Waals surface area contributed by atoms with Crippen LogP contribution in [0.5, 0.6) is 0 Å². The van der Waals surface area contributed by atoms with Crippen LogP contribution in [-0.4, -0.2) is 30.6 Å². The molecule has 10 heavy (non-hydrogen) atoms. The van der Waals surface area contributed by atoms with Gasteiger partial charge in [-0.3, -0.25) is 0 Å². The lowest BCUT2D eigenvalue weighted by atomic mass is 9.94. The number of piperidine rings is 1. The average Bonchev–Trinajstić information content (AvgIpc) is 1.95. The van der Waals surface area contributed by atoms with Crippen LogP contribution in [-0.2, 0) is 0 Å². The fraction of sp³-hybridized carbons (Fsp3) is 1.00. The van der Waals surface area contributed by atoms with Crippen LogP contribution in [0.1, 0.15) is 20.3 Å². The summed E-state index contributed by atoms with van der Waals surface area (Å²) in [6.45, 7) is 7.93. The van der Waals surface area contributed by atoms with Crippen molar-refractivity contribution < 1.29 is 0 Å². The third-order valence-electron chi connectivity index (χ3n) is 2.55. The Bertz CT molecular complexity index is 103. The molecule has 0 unspecified atom stereocenters. The van der Waals surface area contributed by atoms with Crippen LogP contribution in [0.25, 0.3) is 0 Å². The van der Waals surface area contributed by atoms with Gasteiger partial charge in [-0.25, -0.2) is 0 Å². The second-order valence-corrected chi connectivity index (χ2v) is 3.32. The largest absolute Gasteiger partial charge is 0.326 e. The minimum Gasteiger partial charge on any atom is -0.326 e. The quantitative estimate of drug-likeness (QED) is 0.583. The van der Waals surface area contributed by atoms with Gasteiger partial charge in [-0.05, 0) is 25.4 Å². The predicted molar refractivity (Wildman–Crippen MR) is 43.9 cm³/mol. The Labute approximate surface area is 63.4 Å². The van der Waals surface area contributed by atoms with Crippen molar-refractivity contribution in [3.63, 3.8) is 0 Å². The maximum Gasteiger partial charge on any atom is 0.0194 e. The number of rotatable bonds is 1. The van der Waals surface area contributed by atoms with Gasteiger partial charge >= 0.3 is 0 Å². The highest BCUT2D eigenvalue weighted by atomic mass is 15.1. The maximum absolute atomic E-state index is 5.90. The second-order valence-electron chi connectivity index (χ2n) is 3.32. The highest BCUT2D eigenvalue weighted by Crippen LogP contribution is 2.14. The number of nitrogens with zero attached hydrogens (tertiary/aromatic N) is 1. The van der Waals surface area contributed by atoms with E-state index in [1.54, 1.807) is 0 Å². The van der Waals surface area contributed by atoms with Gasteiger partial charge in [-0.1, -0.05) is 13.8 Å². The highest BCUT2D eigenvalue weighted by molar-refractivity contribution is 4.79. The monoisotopic (exact) mass is 142 g/mol. The highest BCUT2D eigenvalue weighted by Gasteiger charge is 2.21. The molecule has 1 fully saturated rings. The third kappa shape index (κ3) is 1.70. The van der Waals surface area contributed by atoms with Gasteiger partial charge in [0.15, 0.2) is 0 Å². The molecule has 1 heterocycles. The second kappa shape index (κ2) is 3.35. The van der Waals surface area contributed by atoms with E-state index in [1.165, 1.54) is 13.0 Å². The van der Waals surface area contributed by atoms with E-state index in [0.717, 1.165) is 19.0 Å². The van der Waals surface area contributed by atoms with Crippen LogP contribution in [0.4, 0.5) is 0 Å². The molecule has 1 aliphatic rings. The summed E-state index contributed by atoms with van der Waals surface area (Å²) in [5.74, 6) is 0.725. The molecule has 0 spiro atoms. The zero-order valence-electron chi connectivity index (χ0n) is 7.01. The molecule has 2 N–H and O–H groups in total. The molecular formula is C8H18N2. The number of likely N-dealkylation sites (N-methyl/N-ethyl adjacent to an activating group) is 1. The van der Waals surface area contributed by atoms with E-state index in [-0.39, 0.29) is 0 Å². The van der Waals surface area contributed by atoms with Crippen LogP contribution in [0.2, 0.25) is 0 Å². The molecule has 0 saturated carbocycles. The van der Waals surface area contributed by atoms with Gasteiger partial charge in [0.2, 0.25) is 0 Å². The van der Waals surface area contributed by atoms with Gasteiger partial charge in [0.1, 0.15) is 0 Å². The molecule has 0 amide bonds. The summed E-state index contributed by atoms with van der Waals surface area (Å²) in [7, 11) is 0. The van der Waals surface area contributed by atoms with Gasteiger partial charge in [0.05, 0.1) is 0 Å². The predicted octanol–water partition coefficient (Wildman–Crippen LogP) is 0.675. The van der Waals surface area contributed by atoms with Crippen molar-refractivity contribution in [1.82, 2.24) is 4.90 Å². The molecule has 0 aromatic carbocycles. The van der Waals surface area contributed by atoms with Crippen LogP contribution in [0.15, 0.2) is 0 Å². The van der Waals surface area contributed by atoms with Crippen molar-refractivity contribution in [3.8, 4) is 0 Å². The number of hydrogen-bond acceptors (Lipinski definition) is 2. The SMILES string of the molecule is CCN1CC[C@@H](C)[C@@H](N)C1. The van der Waals surface area contributed by atoms with Gasteiger partial charge in [0.25, 0.3) is 0 Å². The molecule has 0 aromatic rings. The van der Waals surface area contributed by atoms with Crippen molar-refractivity contribution in [3.05, 3.63) is 0 Å². The maximum atomic E-state index is 5.90. The van der Waals surface area contributed by atoms with E-state index in [0.29, 0.717) is 6.04 Å². The van der Waals surface area contributed by atoms with Crippen LogP contribution >= 0.6 is 0 Å². The molecule has 60 valence electrons. The molecule has 1 saturated heterocycles. The standard InChI is InChI=1S/C8H18N2/c1-3-10-5-4-7(2)8(9)6-10/h7-8H,3-6,9H2,1-2H3/t7-,8+/m1/s1. The first kappa shape index (κ1) is 8.02. The van der Waals surface area contributed by atoms with Gasteiger partial charge in [-0.15, -0.1) is 0 Å². The number of likely N-dealkylation sites (tertiary alicyclic amines) is 1. The Morgan fingerprint density at radius 2 is 2.30 bits per heavy atom. The van der Waals surface area contributed by atoms with Crippen molar-refractivity contribution in [2.75, 3.05) is 19.6 Å². The fourth-order valence-electron chi connectivity index (χ4n) is 1.46. The summed E-state index contributed by atoms with van der Waals surface area (Å²) in [6, 6.07) is 0.411. The Morgan fingerprint density at radius 1 is 1.60 bits per heavy atom. The topological polar surface area (TPSA) is 29.3 Å². The molecule has 2 nitrogen and oxygen atoms in total. The lowest BCUT2D eigenvalue weighted by Crippen LogP contribution is -2.47. The van der Waals surface area contributed by atoms with E-state index >= 15 is 0 Å². The van der Waals surface area contributed by atoms with E-state index < -0.39 is 0 Å². The fourth-order valence-corrected chi connectivity index (χ4v) is 1.46. The van der Waals surface area contributed by atoms with Crippen LogP contribution in [0, 0.1) is 5.92 Å². The molecule has 0 bridgehead atoms. The molecule has 1 aliphatic heterocycles. The van der Waals surface area contributed by atoms with Crippen molar-refractivity contribution in [1.29, 1.82) is 0 Å². The minimum atomic E-state index is 0.411. The van der Waals surface area contributed by atoms with Gasteiger partial charge in [0, 0.05) is 12.6 Å². The first-order valence-electron chi connectivity index (χ1n) is 4.22. The Morgan fingerprint density at radius 3 is 2.80 bits per heavy atom. The van der Waals surface area contributed by atoms with E-state index in [9.17, 15) is 0 Å². The Balaban J connectivity index is 2.33. The number of nitrogens with two attached hydrogens (primary N) is 1. The summed E-state index contributed by atoms with van der Waals surface area (Å²) < 4.78 is 0. The summed E-state index contributed by atoms with van der Waals surface area (Å²) in [6.07, 6.45) is 1.27. The molecule has 0 aliphatic carbocycles. The zero-order valence-corrected chi connectivity index (χ0v) is 7.01. The molecule has 1 rings (SSSR count). The van der Waals surface area contributed by atoms with E-state index in [4.69, 9.17) is 5.73 Å². The summed E-state index contributed by atoms with van der Waals surface area (Å²) in [5.41, 5.74) is 5.90. The molecule has 0 aromatic heterocycles. The van der Waals surface area contributed by atoms with Gasteiger partial charge in [-0.2, -0.15) is 0 Å². The summed E-state index contributed by atoms with van der Waals surface area (Å²) in [4.78, 5) is 2.42. The third-order valence-corrected chi connectivity index (χ3v) is 2.55. The van der Waals surface area contributed by atoms with Crippen molar-refractivity contribution in [2.24, 2.45) is 11.7 Å². The summed E-state index contributed by atoms with van der Waals surface area (Å²) >= 11 is 0. The molecule has 2 heteroatoms. The lowest BCUT2D eigenvalue weighted by Gasteiger charge is -2.34. The number of hydrogen-bond donors (Lipinski definition) is 1. The zero-order chi connectivity index (χ0) is 7.56. The smallest absolute Gasteiger partial charge is 0.0194 e. The van der Waals surface area contributed by atoms with Crippen molar-refractivity contribution in [2.45, 2.75) is 26.3 Å². The normalized spacial score (nSPS) is 36.3. The molecule has 2 atom stereocenters. The van der Waals surface area contributed by atoms with E-state index in [2.05, 4.69) is 18.7 Å². The summed E-state index contributed by atoms with van der Waals surface area (Å²) in [5, 5.41) is 0. The van der Waals surface area contributed by atoms with Crippen LogP contribution < -0.4 is 5.73 Å². The minimum absolute atomic E-state index is 0.411.